The molecule has 3 nitrogen and oxygen atoms in total. The van der Waals surface area contributed by atoms with E-state index in [4.69, 9.17) is 0 Å². The van der Waals surface area contributed by atoms with Gasteiger partial charge in [0, 0.05) is 4.90 Å². The van der Waals surface area contributed by atoms with Gasteiger partial charge in [-0.1, -0.05) is 17.7 Å². The maximum absolute atomic E-state index is 11.0. The summed E-state index contributed by atoms with van der Waals surface area (Å²) >= 11 is 1.44. The second-order valence-corrected chi connectivity index (χ2v) is 4.56. The summed E-state index contributed by atoms with van der Waals surface area (Å²) in [6, 6.07) is 7.93. The molecule has 1 heterocycles. The van der Waals surface area contributed by atoms with Crippen LogP contribution in [-0.2, 0) is 4.79 Å². The van der Waals surface area contributed by atoms with Crippen LogP contribution in [0.3, 0.4) is 0 Å². The molecule has 0 radical (unpaired) electrons. The average Bonchev–Trinajstić information content (AvgIpc) is 2.20. The Labute approximate surface area is 86.7 Å². The summed E-state index contributed by atoms with van der Waals surface area (Å²) in [6.45, 7) is 2.02. The number of carbonyl (C=O) groups excluding carboxylic acids is 1. The van der Waals surface area contributed by atoms with E-state index in [1.165, 1.54) is 17.3 Å². The number of amides is 1. The minimum atomic E-state index is -0.311. The molecule has 1 aromatic carbocycles. The summed E-state index contributed by atoms with van der Waals surface area (Å²) in [5.41, 5.74) is 1.19. The third-order valence-corrected chi connectivity index (χ3v) is 3.32. The number of β-lactam (4-membered cyclic amide) rings is 1. The fourth-order valence-electron chi connectivity index (χ4n) is 1.23. The maximum atomic E-state index is 11.0. The van der Waals surface area contributed by atoms with Crippen molar-refractivity contribution in [3.05, 3.63) is 35.0 Å². The van der Waals surface area contributed by atoms with E-state index >= 15 is 0 Å². The van der Waals surface area contributed by atoms with Crippen LogP contribution in [0, 0.1) is 12.1 Å². The highest BCUT2D eigenvalue weighted by Gasteiger charge is 2.29. The Kier molecular flexibility index (Phi) is 2.48. The fraction of sp³-hybridized carbons (Fsp3) is 0.300. The Balaban J connectivity index is 1.98. The van der Waals surface area contributed by atoms with Crippen molar-refractivity contribution >= 4 is 17.7 Å². The molecule has 1 aliphatic heterocycles. The van der Waals surface area contributed by atoms with E-state index in [0.717, 1.165) is 4.90 Å². The van der Waals surface area contributed by atoms with Gasteiger partial charge in [0.05, 0.1) is 11.8 Å². The molecule has 1 fully saturated rings. The number of benzene rings is 1. The highest BCUT2D eigenvalue weighted by Crippen LogP contribution is 2.33. The van der Waals surface area contributed by atoms with Gasteiger partial charge in [-0.15, -0.1) is 11.8 Å². The second kappa shape index (κ2) is 3.63. The normalized spacial score (nSPS) is 20.9. The van der Waals surface area contributed by atoms with E-state index in [1.54, 1.807) is 0 Å². The van der Waals surface area contributed by atoms with Crippen LogP contribution in [0.15, 0.2) is 29.2 Å². The number of hydrogen-bond acceptors (Lipinski definition) is 3. The molecule has 2 rings (SSSR count). The second-order valence-electron chi connectivity index (χ2n) is 3.31. The zero-order valence-corrected chi connectivity index (χ0v) is 8.58. The van der Waals surface area contributed by atoms with E-state index in [-0.39, 0.29) is 11.3 Å². The van der Waals surface area contributed by atoms with E-state index < -0.39 is 0 Å². The minimum Gasteiger partial charge on any atom is -0.755 e. The van der Waals surface area contributed by atoms with Crippen LogP contribution in [0.5, 0.6) is 0 Å². The molecule has 0 aromatic heterocycles. The monoisotopic (exact) mass is 208 g/mol. The molecule has 1 saturated heterocycles. The molecule has 1 aliphatic rings. The van der Waals surface area contributed by atoms with Crippen LogP contribution in [0.4, 0.5) is 0 Å². The van der Waals surface area contributed by atoms with Crippen LogP contribution in [-0.4, -0.2) is 16.3 Å². The van der Waals surface area contributed by atoms with Crippen molar-refractivity contribution in [3.8, 4) is 0 Å². The molecule has 1 atom stereocenters. The predicted molar refractivity (Wildman–Crippen MR) is 55.7 cm³/mol. The molecule has 74 valence electrons. The van der Waals surface area contributed by atoms with Gasteiger partial charge in [-0.25, -0.2) is 0 Å². The molecule has 14 heavy (non-hydrogen) atoms. The Hall–Kier alpha value is -1.00. The lowest BCUT2D eigenvalue weighted by molar-refractivity contribution is -0.137. The summed E-state index contributed by atoms with van der Waals surface area (Å²) in [5, 5.41) is 11.3. The van der Waals surface area contributed by atoms with Gasteiger partial charge < -0.3 is 10.3 Å². The van der Waals surface area contributed by atoms with Gasteiger partial charge in [0.15, 0.2) is 0 Å². The first-order valence-corrected chi connectivity index (χ1v) is 5.27. The van der Waals surface area contributed by atoms with Crippen molar-refractivity contribution in [1.82, 2.24) is 5.06 Å². The van der Waals surface area contributed by atoms with E-state index in [2.05, 4.69) is 0 Å². The zero-order chi connectivity index (χ0) is 10.1. The lowest BCUT2D eigenvalue weighted by atomic mass is 10.2. The summed E-state index contributed by atoms with van der Waals surface area (Å²) in [6.07, 6.45) is 0.363. The fourth-order valence-corrected chi connectivity index (χ4v) is 2.28. The first-order valence-electron chi connectivity index (χ1n) is 4.39. The van der Waals surface area contributed by atoms with Crippen molar-refractivity contribution in [1.29, 1.82) is 0 Å². The molecule has 1 amide bonds. The lowest BCUT2D eigenvalue weighted by Gasteiger charge is -2.45. The lowest BCUT2D eigenvalue weighted by Crippen LogP contribution is -2.46. The number of aryl methyl sites for hydroxylation is 1. The largest absolute Gasteiger partial charge is 0.755 e. The summed E-state index contributed by atoms with van der Waals surface area (Å²) in [4.78, 5) is 11.7. The Morgan fingerprint density at radius 1 is 1.43 bits per heavy atom. The van der Waals surface area contributed by atoms with Crippen LogP contribution in [0.1, 0.15) is 12.0 Å². The van der Waals surface area contributed by atoms with Gasteiger partial charge in [0.25, 0.3) is 0 Å². The highest BCUT2D eigenvalue weighted by molar-refractivity contribution is 8.00. The van der Waals surface area contributed by atoms with E-state index in [1.807, 2.05) is 31.2 Å². The number of hydrogen-bond donors (Lipinski definition) is 0. The van der Waals surface area contributed by atoms with Gasteiger partial charge >= 0.3 is 0 Å². The SMILES string of the molecule is Cc1ccc(SC2CC(=O)N2[O-])cc1. The predicted octanol–water partition coefficient (Wildman–Crippen LogP) is 2.14. The molecule has 0 N–H and O–H groups in total. The van der Waals surface area contributed by atoms with Crippen LogP contribution >= 0.6 is 11.8 Å². The first kappa shape index (κ1) is 9.55. The third kappa shape index (κ3) is 1.76. The molecule has 4 heteroatoms. The number of carbonyl (C=O) groups is 1. The average molecular weight is 208 g/mol. The maximum Gasteiger partial charge on any atom is 0.215 e. The third-order valence-electron chi connectivity index (χ3n) is 2.15. The molecule has 0 spiro atoms. The van der Waals surface area contributed by atoms with Gasteiger partial charge in [-0.2, -0.15) is 0 Å². The Morgan fingerprint density at radius 3 is 2.57 bits per heavy atom. The van der Waals surface area contributed by atoms with Gasteiger partial charge in [-0.3, -0.25) is 4.79 Å². The zero-order valence-electron chi connectivity index (χ0n) is 7.77. The van der Waals surface area contributed by atoms with Crippen molar-refractivity contribution in [3.63, 3.8) is 0 Å². The topological polar surface area (TPSA) is 43.4 Å². The Morgan fingerprint density at radius 2 is 2.07 bits per heavy atom. The van der Waals surface area contributed by atoms with Crippen LogP contribution in [0.25, 0.3) is 0 Å². The van der Waals surface area contributed by atoms with Crippen LogP contribution < -0.4 is 0 Å². The smallest absolute Gasteiger partial charge is 0.215 e. The van der Waals surface area contributed by atoms with Gasteiger partial charge in [-0.05, 0) is 19.1 Å². The number of thioether (sulfide) groups is 1. The van der Waals surface area contributed by atoms with Crippen molar-refractivity contribution in [2.75, 3.05) is 0 Å². The van der Waals surface area contributed by atoms with Crippen LogP contribution in [0.2, 0.25) is 0 Å². The summed E-state index contributed by atoms with van der Waals surface area (Å²) < 4.78 is 0. The highest BCUT2D eigenvalue weighted by atomic mass is 32.2. The molecular formula is C10H10NO2S-. The van der Waals surface area contributed by atoms with E-state index in [0.29, 0.717) is 11.5 Å². The summed E-state index contributed by atoms with van der Waals surface area (Å²) in [5.74, 6) is -0.311. The van der Waals surface area contributed by atoms with Crippen molar-refractivity contribution < 1.29 is 4.79 Å². The standard InChI is InChI=1S/C10H10NO2S/c1-7-2-4-8(5-3-7)14-10-6-9(12)11(10)13/h2-5,10H,6H2,1H3/q-1. The minimum absolute atomic E-state index is 0.217. The molecule has 1 aromatic rings. The van der Waals surface area contributed by atoms with Gasteiger partial charge in [0.1, 0.15) is 0 Å². The molecular weight excluding hydrogens is 198 g/mol. The number of rotatable bonds is 2. The van der Waals surface area contributed by atoms with E-state index in [9.17, 15) is 10.0 Å². The van der Waals surface area contributed by atoms with Crippen molar-refractivity contribution in [2.24, 2.45) is 0 Å². The molecule has 0 bridgehead atoms. The number of hydroxylamine groups is 2. The molecule has 0 aliphatic carbocycles. The quantitative estimate of drug-likeness (QED) is 0.699. The van der Waals surface area contributed by atoms with Gasteiger partial charge in [0.2, 0.25) is 5.91 Å². The number of nitrogens with zero attached hydrogens (tertiary/aromatic N) is 1. The first-order chi connectivity index (χ1) is 6.66. The molecule has 0 saturated carbocycles. The van der Waals surface area contributed by atoms with Crippen molar-refractivity contribution in [2.45, 2.75) is 23.6 Å². The molecule has 1 unspecified atom stereocenters. The summed E-state index contributed by atoms with van der Waals surface area (Å²) in [7, 11) is 0. The Bertz CT molecular complexity index is 350.